The molecular weight excluding hydrogens is 1030 g/mol. The Hall–Kier alpha value is -8.67. The van der Waals surface area contributed by atoms with Crippen LogP contribution in [0.1, 0.15) is 110 Å². The van der Waals surface area contributed by atoms with Gasteiger partial charge >= 0.3 is 11.9 Å². The molecule has 0 bridgehead atoms. The highest BCUT2D eigenvalue weighted by molar-refractivity contribution is 6.12. The number of ether oxygens (including phenoxy) is 1. The number of imide groups is 1. The largest absolute Gasteiger partial charge is 0.481 e. The second-order valence-electron chi connectivity index (χ2n) is 20.0. The number of carboxylic acid groups (broad SMARTS) is 1. The number of pyridine rings is 2. The Morgan fingerprint density at radius 2 is 1.63 bits per heavy atom. The number of carboxylic acids is 1. The number of aliphatic hydroxyl groups is 1. The molecule has 5 heterocycles. The third-order valence-electron chi connectivity index (χ3n) is 14.9. The van der Waals surface area contributed by atoms with E-state index in [1.807, 2.05) is 0 Å². The topological polar surface area (TPSA) is 336 Å². The minimum Gasteiger partial charge on any atom is -0.481 e. The number of nitrogens with two attached hydrogens (primary N) is 1. The molecule has 0 spiro atoms. The molecule has 0 fully saturated rings. The fraction of sp³-hybridized carbons (Fsp3) is 0.418. The molecule has 2 aromatic heterocycles. The van der Waals surface area contributed by atoms with E-state index in [0.717, 1.165) is 22.0 Å². The van der Waals surface area contributed by atoms with E-state index in [2.05, 4.69) is 21.3 Å². The van der Waals surface area contributed by atoms with Crippen molar-refractivity contribution in [1.82, 2.24) is 40.6 Å². The van der Waals surface area contributed by atoms with Gasteiger partial charge in [0, 0.05) is 67.1 Å². The van der Waals surface area contributed by atoms with E-state index in [4.69, 9.17) is 15.5 Å². The summed E-state index contributed by atoms with van der Waals surface area (Å²) in [6.45, 7) is 1.47. The lowest BCUT2D eigenvalue weighted by molar-refractivity contribution is -0.172. The molecule has 0 radical (unpaired) electrons. The van der Waals surface area contributed by atoms with Crippen molar-refractivity contribution in [2.75, 3.05) is 26.2 Å². The number of aromatic nitrogens is 2. The van der Waals surface area contributed by atoms with Crippen molar-refractivity contribution in [3.63, 3.8) is 0 Å². The number of hydrogen-bond acceptors (Lipinski definition) is 14. The van der Waals surface area contributed by atoms with Crippen LogP contribution in [0.4, 0.5) is 4.39 Å². The molecule has 416 valence electrons. The predicted octanol–water partition coefficient (Wildman–Crippen LogP) is 1.01. The number of unbranched alkanes of at least 4 members (excludes halogenated alkanes) is 2. The van der Waals surface area contributed by atoms with Crippen LogP contribution in [0, 0.1) is 12.7 Å². The minimum atomic E-state index is -2.08. The molecule has 23 nitrogen and oxygen atoms in total. The van der Waals surface area contributed by atoms with E-state index in [1.54, 1.807) is 50.2 Å². The molecule has 4 aliphatic rings. The van der Waals surface area contributed by atoms with Crippen molar-refractivity contribution < 1.29 is 67.3 Å². The van der Waals surface area contributed by atoms with Gasteiger partial charge < -0.3 is 51.4 Å². The zero-order chi connectivity index (χ0) is 56.9. The highest BCUT2D eigenvalue weighted by Gasteiger charge is 2.46. The summed E-state index contributed by atoms with van der Waals surface area (Å²) in [4.78, 5) is 149. The number of rotatable bonds is 24. The van der Waals surface area contributed by atoms with Crippen LogP contribution < -0.4 is 32.6 Å². The number of benzene rings is 2. The van der Waals surface area contributed by atoms with Crippen LogP contribution in [0.3, 0.4) is 0 Å². The molecule has 0 saturated heterocycles. The van der Waals surface area contributed by atoms with Gasteiger partial charge in [0.25, 0.3) is 17.4 Å². The number of primary amides is 1. The first-order valence-corrected chi connectivity index (χ1v) is 26.0. The summed E-state index contributed by atoms with van der Waals surface area (Å²) >= 11 is 0. The van der Waals surface area contributed by atoms with Crippen molar-refractivity contribution >= 4 is 70.1 Å². The lowest BCUT2D eigenvalue weighted by Gasteiger charge is -2.31. The first-order chi connectivity index (χ1) is 37.7. The molecule has 8 rings (SSSR count). The summed E-state index contributed by atoms with van der Waals surface area (Å²) in [7, 11) is 0. The van der Waals surface area contributed by atoms with E-state index >= 15 is 4.39 Å². The minimum absolute atomic E-state index is 0.000174. The molecule has 24 heteroatoms. The van der Waals surface area contributed by atoms with Crippen LogP contribution >= 0.6 is 0 Å². The number of nitrogens with zero attached hydrogens (tertiary/aromatic N) is 4. The first kappa shape index (κ1) is 56.5. The van der Waals surface area contributed by atoms with E-state index < -0.39 is 114 Å². The smallest absolute Gasteiger partial charge is 0.343 e. The average molecular weight is 1090 g/mol. The normalized spacial score (nSPS) is 17.5. The number of cyclic esters (lactones) is 1. The van der Waals surface area contributed by atoms with Gasteiger partial charge in [0.2, 0.25) is 35.4 Å². The highest BCUT2D eigenvalue weighted by Crippen LogP contribution is 2.46. The third-order valence-corrected chi connectivity index (χ3v) is 14.9. The summed E-state index contributed by atoms with van der Waals surface area (Å²) < 4.78 is 22.2. The van der Waals surface area contributed by atoms with Crippen LogP contribution in [0.15, 0.2) is 59.4 Å². The SMILES string of the molecule is CC[C@@]1(O)C(=O)OCc2c1cc1n(c2=O)Cc2c-1nc1cc(F)c(C)c3c1c2[C@@H](NC(=O)CCCN(C(=O)CNC(=O)CNC(=O)[C@H](CC(=O)O)NC(=O)CCCCCN1C(=O)C=CC1=O)[C@@H](Cc1ccccc1)C(N)=O)CC3. The Labute approximate surface area is 451 Å². The molecule has 8 amide bonds. The molecule has 79 heavy (non-hydrogen) atoms. The summed E-state index contributed by atoms with van der Waals surface area (Å²) in [5.41, 5.74) is 7.46. The second-order valence-corrected chi connectivity index (χ2v) is 20.0. The summed E-state index contributed by atoms with van der Waals surface area (Å²) in [5, 5.41) is 31.6. The Morgan fingerprint density at radius 3 is 2.33 bits per heavy atom. The predicted molar refractivity (Wildman–Crippen MR) is 277 cm³/mol. The van der Waals surface area contributed by atoms with Gasteiger partial charge in [-0.15, -0.1) is 0 Å². The maximum atomic E-state index is 15.5. The lowest BCUT2D eigenvalue weighted by atomic mass is 9.81. The second kappa shape index (κ2) is 23.9. The van der Waals surface area contributed by atoms with Gasteiger partial charge in [-0.3, -0.25) is 52.8 Å². The summed E-state index contributed by atoms with van der Waals surface area (Å²) in [6.07, 6.45) is 3.01. The number of carbonyl (C=O) groups is 10. The van der Waals surface area contributed by atoms with Gasteiger partial charge in [0.15, 0.2) is 5.60 Å². The number of esters is 1. The van der Waals surface area contributed by atoms with Gasteiger partial charge in [0.1, 0.15) is 24.5 Å². The maximum absolute atomic E-state index is 15.5. The van der Waals surface area contributed by atoms with E-state index in [1.165, 1.54) is 10.6 Å². The van der Waals surface area contributed by atoms with Crippen molar-refractivity contribution in [3.05, 3.63) is 110 Å². The zero-order valence-corrected chi connectivity index (χ0v) is 43.5. The van der Waals surface area contributed by atoms with Crippen molar-refractivity contribution in [3.8, 4) is 11.4 Å². The maximum Gasteiger partial charge on any atom is 0.343 e. The molecular formula is C55H60FN9O14. The zero-order valence-electron chi connectivity index (χ0n) is 43.5. The van der Waals surface area contributed by atoms with Crippen molar-refractivity contribution in [2.45, 2.75) is 121 Å². The highest BCUT2D eigenvalue weighted by atomic mass is 19.1. The lowest BCUT2D eigenvalue weighted by Crippen LogP contribution is -2.53. The Morgan fingerprint density at radius 1 is 0.911 bits per heavy atom. The van der Waals surface area contributed by atoms with Crippen LogP contribution in [-0.2, 0) is 84.3 Å². The monoisotopic (exact) mass is 1090 g/mol. The number of aryl methyl sites for hydroxylation is 1. The Balaban J connectivity index is 0.918. The van der Waals surface area contributed by atoms with Gasteiger partial charge in [-0.1, -0.05) is 43.7 Å². The number of aliphatic carboxylic acids is 1. The number of halogens is 1. The number of fused-ring (bicyclic) bond motifs is 5. The van der Waals surface area contributed by atoms with Gasteiger partial charge in [0.05, 0.1) is 54.6 Å². The number of hydrogen-bond donors (Lipinski definition) is 7. The van der Waals surface area contributed by atoms with Crippen LogP contribution in [-0.4, -0.2) is 127 Å². The standard InChI is InChI=1S/C55H60FN9O14/c1-3-55(78)34-22-39-50-32(27-65(39)53(76)33(34)28-79-54(55)77)49-36(16-15-31-29(2)35(56)23-37(62-50)48(31)49)60-42(67)14-10-20-63(40(51(57)74)21-30-11-6-4-7-12-30)46(71)26-58-43(68)25-59-52(75)38(24-47(72)73)61-41(66)13-8-5-9-19-64-44(69)17-18-45(64)70/h4,6-7,11-12,17-18,22-23,36,38,40,78H,3,5,8-10,13-16,19-21,24-28H2,1-2H3,(H2,57,74)(H,58,68)(H,59,75)(H,60,67)(H,61,66)(H,72,73)/t36-,38-,40-,55-/m0/s1. The molecule has 4 atom stereocenters. The van der Waals surface area contributed by atoms with Crippen molar-refractivity contribution in [1.29, 1.82) is 0 Å². The van der Waals surface area contributed by atoms with Crippen molar-refractivity contribution in [2.24, 2.45) is 5.73 Å². The molecule has 0 unspecified atom stereocenters. The number of nitrogens with one attached hydrogen (secondary N) is 4. The summed E-state index contributed by atoms with van der Waals surface area (Å²) in [6, 6.07) is 8.07. The first-order valence-electron chi connectivity index (χ1n) is 26.0. The van der Waals surface area contributed by atoms with Crippen LogP contribution in [0.2, 0.25) is 0 Å². The Bertz CT molecular complexity index is 3270. The molecule has 8 N–H and O–H groups in total. The van der Waals surface area contributed by atoms with E-state index in [9.17, 15) is 63.0 Å². The quantitative estimate of drug-likeness (QED) is 0.0258. The molecule has 4 aromatic rings. The number of amides is 8. The summed E-state index contributed by atoms with van der Waals surface area (Å²) in [5.74, 6) is -8.27. The van der Waals surface area contributed by atoms with E-state index in [-0.39, 0.29) is 75.0 Å². The molecule has 2 aromatic carbocycles. The fourth-order valence-corrected chi connectivity index (χ4v) is 10.7. The van der Waals surface area contributed by atoms with E-state index in [0.29, 0.717) is 76.7 Å². The fourth-order valence-electron chi connectivity index (χ4n) is 10.7. The average Bonchev–Trinajstić information content (AvgIpc) is 4.10. The molecule has 0 saturated carbocycles. The van der Waals surface area contributed by atoms with Gasteiger partial charge in [-0.2, -0.15) is 0 Å². The number of carbonyl (C=O) groups excluding carboxylic acids is 9. The Kier molecular flexibility index (Phi) is 17.1. The molecule has 1 aliphatic carbocycles. The molecule has 3 aliphatic heterocycles. The van der Waals surface area contributed by atoms with Gasteiger partial charge in [-0.25, -0.2) is 14.2 Å². The van der Waals surface area contributed by atoms with Crippen LogP contribution in [0.5, 0.6) is 0 Å². The van der Waals surface area contributed by atoms with Gasteiger partial charge in [-0.05, 0) is 73.8 Å². The third kappa shape index (κ3) is 12.1. The van der Waals surface area contributed by atoms with Crippen LogP contribution in [0.25, 0.3) is 22.3 Å².